The van der Waals surface area contributed by atoms with Gasteiger partial charge in [0.1, 0.15) is 11.5 Å². The molecular formula is C52H32N4O. The average Bonchev–Trinajstić information content (AvgIpc) is 3.77. The number of hydrogen-bond acceptors (Lipinski definition) is 4. The van der Waals surface area contributed by atoms with Crippen molar-refractivity contribution in [3.05, 3.63) is 216 Å². The Labute approximate surface area is 329 Å². The van der Waals surface area contributed by atoms with Crippen LogP contribution in [0.3, 0.4) is 0 Å². The normalized spacial score (nSPS) is 13.2. The summed E-state index contributed by atoms with van der Waals surface area (Å²) in [6.45, 7) is 0. The quantitative estimate of drug-likeness (QED) is 0.181. The molecule has 12 rings (SSSR count). The third kappa shape index (κ3) is 4.54. The fourth-order valence-corrected chi connectivity index (χ4v) is 9.40. The van der Waals surface area contributed by atoms with E-state index in [9.17, 15) is 0 Å². The number of benzene rings is 8. The lowest BCUT2D eigenvalue weighted by atomic mass is 9.66. The predicted octanol–water partition coefficient (Wildman–Crippen LogP) is 12.4. The highest BCUT2D eigenvalue weighted by Crippen LogP contribution is 2.63. The molecular weight excluding hydrogens is 697 g/mol. The lowest BCUT2D eigenvalue weighted by Crippen LogP contribution is -2.32. The van der Waals surface area contributed by atoms with Gasteiger partial charge in [-0.25, -0.2) is 15.0 Å². The first kappa shape index (κ1) is 31.7. The Balaban J connectivity index is 1.20. The Morgan fingerprint density at radius 1 is 0.386 bits per heavy atom. The van der Waals surface area contributed by atoms with Crippen LogP contribution in [0.5, 0.6) is 11.5 Å². The molecule has 3 heterocycles. The Kier molecular flexibility index (Phi) is 6.78. The van der Waals surface area contributed by atoms with E-state index in [0.717, 1.165) is 56.1 Å². The summed E-state index contributed by atoms with van der Waals surface area (Å²) in [4.78, 5) is 15.6. The first-order chi connectivity index (χ1) is 28.3. The molecule has 0 amide bonds. The SMILES string of the molecule is c1ccc(-c2nc(-c3ccccc3)nc(-c3cccc4c3-c3cc(-n5c6ccccc6c6ccccc65)ccc3C43c4ccccc4Oc4ccccc43)n2)cc1. The maximum atomic E-state index is 6.68. The maximum Gasteiger partial charge on any atom is 0.164 e. The molecule has 57 heavy (non-hydrogen) atoms. The summed E-state index contributed by atoms with van der Waals surface area (Å²) in [5.41, 5.74) is 12.4. The summed E-state index contributed by atoms with van der Waals surface area (Å²) >= 11 is 0. The van der Waals surface area contributed by atoms with Crippen molar-refractivity contribution >= 4 is 21.8 Å². The second kappa shape index (κ2) is 12.2. The Bertz CT molecular complexity index is 3070. The van der Waals surface area contributed by atoms with Crippen LogP contribution in [0.1, 0.15) is 22.3 Å². The number of para-hydroxylation sites is 4. The monoisotopic (exact) mass is 728 g/mol. The molecule has 5 heteroatoms. The first-order valence-electron chi connectivity index (χ1n) is 19.3. The topological polar surface area (TPSA) is 52.8 Å². The van der Waals surface area contributed by atoms with Crippen LogP contribution in [0.2, 0.25) is 0 Å². The zero-order valence-corrected chi connectivity index (χ0v) is 30.7. The van der Waals surface area contributed by atoms with Crippen molar-refractivity contribution < 1.29 is 4.74 Å². The highest BCUT2D eigenvalue weighted by molar-refractivity contribution is 6.09. The van der Waals surface area contributed by atoms with Gasteiger partial charge in [0.15, 0.2) is 17.5 Å². The molecule has 1 spiro atoms. The molecule has 2 aromatic heterocycles. The molecule has 0 N–H and O–H groups in total. The lowest BCUT2D eigenvalue weighted by molar-refractivity contribution is 0.436. The molecule has 0 unspecified atom stereocenters. The van der Waals surface area contributed by atoms with E-state index in [1.807, 2.05) is 36.4 Å². The van der Waals surface area contributed by atoms with Gasteiger partial charge in [-0.2, -0.15) is 0 Å². The second-order valence-corrected chi connectivity index (χ2v) is 14.7. The van der Waals surface area contributed by atoms with Crippen molar-refractivity contribution in [1.29, 1.82) is 0 Å². The minimum atomic E-state index is -0.664. The molecule has 1 aliphatic carbocycles. The van der Waals surface area contributed by atoms with E-state index < -0.39 is 5.41 Å². The van der Waals surface area contributed by atoms with E-state index >= 15 is 0 Å². The summed E-state index contributed by atoms with van der Waals surface area (Å²) in [6.07, 6.45) is 0. The standard InChI is InChI=1S/C52H32N4O/c1-3-16-33(17-4-1)49-53-50(34-18-5-2-6-19-34)55-51(54-49)38-22-15-25-43-48(38)39-32-35(56-44-26-11-7-20-36(44)37-21-8-12-27-45(37)56)30-31-40(39)52(43)41-23-9-13-28-46(41)57-47-29-14-10-24-42(47)52/h1-32H. The van der Waals surface area contributed by atoms with Gasteiger partial charge in [-0.3, -0.25) is 0 Å². The minimum Gasteiger partial charge on any atom is -0.457 e. The third-order valence-corrected chi connectivity index (χ3v) is 11.7. The fraction of sp³-hybridized carbons (Fsp3) is 0.0192. The van der Waals surface area contributed by atoms with E-state index in [4.69, 9.17) is 19.7 Å². The lowest BCUT2D eigenvalue weighted by Gasteiger charge is -2.39. The summed E-state index contributed by atoms with van der Waals surface area (Å²) in [6, 6.07) is 68.3. The van der Waals surface area contributed by atoms with Crippen LogP contribution >= 0.6 is 0 Å². The van der Waals surface area contributed by atoms with Crippen LogP contribution < -0.4 is 4.74 Å². The van der Waals surface area contributed by atoms with Gasteiger partial charge < -0.3 is 9.30 Å². The van der Waals surface area contributed by atoms with Gasteiger partial charge >= 0.3 is 0 Å². The van der Waals surface area contributed by atoms with Crippen molar-refractivity contribution in [2.75, 3.05) is 0 Å². The molecule has 10 aromatic rings. The van der Waals surface area contributed by atoms with E-state index in [1.54, 1.807) is 0 Å². The molecule has 0 radical (unpaired) electrons. The Morgan fingerprint density at radius 3 is 1.51 bits per heavy atom. The second-order valence-electron chi connectivity index (χ2n) is 14.7. The summed E-state index contributed by atoms with van der Waals surface area (Å²) in [7, 11) is 0. The Hall–Kier alpha value is -7.63. The summed E-state index contributed by atoms with van der Waals surface area (Å²) < 4.78 is 9.08. The van der Waals surface area contributed by atoms with E-state index in [-0.39, 0.29) is 0 Å². The molecule has 0 saturated heterocycles. The van der Waals surface area contributed by atoms with Gasteiger partial charge in [-0.05, 0) is 58.7 Å². The van der Waals surface area contributed by atoms with Crippen molar-refractivity contribution in [3.8, 4) is 62.5 Å². The molecule has 0 fully saturated rings. The number of rotatable bonds is 4. The molecule has 0 saturated carbocycles. The third-order valence-electron chi connectivity index (χ3n) is 11.7. The average molecular weight is 729 g/mol. The highest BCUT2D eigenvalue weighted by Gasteiger charge is 2.52. The molecule has 1 aliphatic heterocycles. The molecule has 8 aromatic carbocycles. The minimum absolute atomic E-state index is 0.624. The van der Waals surface area contributed by atoms with Gasteiger partial charge in [0.05, 0.1) is 16.4 Å². The van der Waals surface area contributed by atoms with E-state index in [2.05, 4.69) is 162 Å². The highest BCUT2D eigenvalue weighted by atomic mass is 16.5. The summed E-state index contributed by atoms with van der Waals surface area (Å²) in [5, 5.41) is 2.45. The van der Waals surface area contributed by atoms with Crippen LogP contribution in [0, 0.1) is 0 Å². The number of fused-ring (bicyclic) bond motifs is 12. The van der Waals surface area contributed by atoms with Crippen LogP contribution in [0.15, 0.2) is 194 Å². The first-order valence-corrected chi connectivity index (χ1v) is 19.3. The molecule has 5 nitrogen and oxygen atoms in total. The van der Waals surface area contributed by atoms with Crippen molar-refractivity contribution in [3.63, 3.8) is 0 Å². The van der Waals surface area contributed by atoms with Crippen molar-refractivity contribution in [2.45, 2.75) is 5.41 Å². The van der Waals surface area contributed by atoms with Crippen molar-refractivity contribution in [2.24, 2.45) is 0 Å². The Morgan fingerprint density at radius 2 is 0.895 bits per heavy atom. The number of nitrogens with zero attached hydrogens (tertiary/aromatic N) is 4. The zero-order chi connectivity index (χ0) is 37.5. The van der Waals surface area contributed by atoms with Crippen LogP contribution in [-0.2, 0) is 5.41 Å². The van der Waals surface area contributed by atoms with E-state index in [1.165, 1.54) is 32.9 Å². The largest absolute Gasteiger partial charge is 0.457 e. The predicted molar refractivity (Wildman–Crippen MR) is 228 cm³/mol. The number of aromatic nitrogens is 4. The van der Waals surface area contributed by atoms with Gasteiger partial charge in [0.25, 0.3) is 0 Å². The molecule has 266 valence electrons. The van der Waals surface area contributed by atoms with E-state index in [0.29, 0.717) is 17.5 Å². The van der Waals surface area contributed by atoms with Crippen LogP contribution in [0.4, 0.5) is 0 Å². The van der Waals surface area contributed by atoms with Crippen LogP contribution in [-0.4, -0.2) is 19.5 Å². The summed E-state index contributed by atoms with van der Waals surface area (Å²) in [5.74, 6) is 3.59. The zero-order valence-electron chi connectivity index (χ0n) is 30.7. The van der Waals surface area contributed by atoms with Gasteiger partial charge in [0.2, 0.25) is 0 Å². The molecule has 2 aliphatic rings. The maximum absolute atomic E-state index is 6.68. The van der Waals surface area contributed by atoms with Gasteiger partial charge in [0, 0.05) is 44.3 Å². The van der Waals surface area contributed by atoms with Gasteiger partial charge in [-0.1, -0.05) is 158 Å². The smallest absolute Gasteiger partial charge is 0.164 e. The van der Waals surface area contributed by atoms with Gasteiger partial charge in [-0.15, -0.1) is 0 Å². The number of ether oxygens (including phenoxy) is 1. The number of hydrogen-bond donors (Lipinski definition) is 0. The van der Waals surface area contributed by atoms with Crippen molar-refractivity contribution in [1.82, 2.24) is 19.5 Å². The molecule has 0 bridgehead atoms. The van der Waals surface area contributed by atoms with Crippen LogP contribution in [0.25, 0.3) is 72.8 Å². The fourth-order valence-electron chi connectivity index (χ4n) is 9.40. The molecule has 0 atom stereocenters.